The van der Waals surface area contributed by atoms with Gasteiger partial charge in [-0.15, -0.1) is 13.2 Å². The van der Waals surface area contributed by atoms with Gasteiger partial charge in [0.1, 0.15) is 0 Å². The summed E-state index contributed by atoms with van der Waals surface area (Å²) in [5.41, 5.74) is -7.15. The zero-order chi connectivity index (χ0) is 17.3. The van der Waals surface area contributed by atoms with Gasteiger partial charge >= 0.3 is 22.0 Å². The number of rotatable bonds is 4. The van der Waals surface area contributed by atoms with Crippen molar-refractivity contribution in [3.05, 3.63) is 33.7 Å². The fourth-order valence-corrected chi connectivity index (χ4v) is 1.79. The van der Waals surface area contributed by atoms with Crippen molar-refractivity contribution in [2.45, 2.75) is 24.4 Å². The molecule has 14 heteroatoms. The lowest BCUT2D eigenvalue weighted by Crippen LogP contribution is -2.29. The van der Waals surface area contributed by atoms with E-state index in [2.05, 4.69) is 8.92 Å². The molecule has 0 amide bonds. The average molecular weight is 357 g/mol. The van der Waals surface area contributed by atoms with Gasteiger partial charge in [0.15, 0.2) is 0 Å². The van der Waals surface area contributed by atoms with Crippen LogP contribution < -0.4 is 0 Å². The van der Waals surface area contributed by atoms with Crippen molar-refractivity contribution < 1.29 is 48.6 Å². The minimum absolute atomic E-state index is 0.293. The van der Waals surface area contributed by atoms with E-state index < -0.39 is 50.9 Å². The highest BCUT2D eigenvalue weighted by molar-refractivity contribution is 7.87. The van der Waals surface area contributed by atoms with Gasteiger partial charge in [-0.25, -0.2) is 0 Å². The molecule has 1 atom stereocenters. The van der Waals surface area contributed by atoms with Crippen LogP contribution >= 0.6 is 0 Å². The molecule has 0 aliphatic heterocycles. The second-order valence-electron chi connectivity index (χ2n) is 3.72. The maximum atomic E-state index is 12.1. The fraction of sp³-hybridized carbons (Fsp3) is 0.500. The number of hydrogen-bond acceptors (Lipinski definition) is 6. The second kappa shape index (κ2) is 5.75. The maximum Gasteiger partial charge on any atom is 0.534 e. The lowest BCUT2D eigenvalue weighted by atomic mass is 10.1. The first-order valence-electron chi connectivity index (χ1n) is 5.04. The normalized spacial score (nSPS) is 20.2. The summed E-state index contributed by atoms with van der Waals surface area (Å²) in [4.78, 5) is 9.27. The molecule has 126 valence electrons. The number of allylic oxidation sites excluding steroid dienone is 1. The molecule has 1 aliphatic carbocycles. The molecule has 22 heavy (non-hydrogen) atoms. The van der Waals surface area contributed by atoms with Crippen LogP contribution in [0.2, 0.25) is 0 Å². The number of nitro groups is 1. The predicted octanol–water partition coefficient (Wildman–Crippen LogP) is 2.21. The Labute approximate surface area is 118 Å². The van der Waals surface area contributed by atoms with E-state index in [-0.39, 0.29) is 0 Å². The van der Waals surface area contributed by atoms with Crippen LogP contribution in [0.25, 0.3) is 0 Å². The largest absolute Gasteiger partial charge is 0.534 e. The van der Waals surface area contributed by atoms with Crippen LogP contribution in [-0.4, -0.2) is 31.3 Å². The first-order chi connectivity index (χ1) is 9.73. The number of hydrogen-bond donors (Lipinski definition) is 0. The van der Waals surface area contributed by atoms with Gasteiger partial charge in [0.05, 0.1) is 17.4 Å². The van der Waals surface area contributed by atoms with Crippen molar-refractivity contribution in [2.75, 3.05) is 0 Å². The predicted molar refractivity (Wildman–Crippen MR) is 54.8 cm³/mol. The van der Waals surface area contributed by atoms with Crippen molar-refractivity contribution >= 4 is 10.1 Å². The van der Waals surface area contributed by atoms with Crippen LogP contribution in [0.5, 0.6) is 0 Å². The summed E-state index contributed by atoms with van der Waals surface area (Å²) in [7, 11) is -6.19. The third-order valence-electron chi connectivity index (χ3n) is 2.13. The molecule has 0 saturated heterocycles. The van der Waals surface area contributed by atoms with Crippen molar-refractivity contribution in [3.63, 3.8) is 0 Å². The Balaban J connectivity index is 3.06. The first-order valence-corrected chi connectivity index (χ1v) is 6.45. The topological polar surface area (TPSA) is 95.7 Å². The van der Waals surface area contributed by atoms with Crippen molar-refractivity contribution in [3.8, 4) is 0 Å². The highest BCUT2D eigenvalue weighted by Crippen LogP contribution is 2.32. The molecule has 0 N–H and O–H groups in total. The summed E-state index contributed by atoms with van der Waals surface area (Å²) in [6.45, 7) is 0. The van der Waals surface area contributed by atoms with Gasteiger partial charge in [0, 0.05) is 0 Å². The van der Waals surface area contributed by atoms with Gasteiger partial charge in [-0.1, -0.05) is 6.08 Å². The van der Waals surface area contributed by atoms with Crippen LogP contribution in [0.15, 0.2) is 23.6 Å². The number of halogens is 6. The molecule has 0 saturated carbocycles. The molecule has 0 aromatic rings. The summed E-state index contributed by atoms with van der Waals surface area (Å²) in [5.74, 6) is -1.34. The summed E-state index contributed by atoms with van der Waals surface area (Å²) >= 11 is 0. The van der Waals surface area contributed by atoms with E-state index in [1.165, 1.54) is 0 Å². The highest BCUT2D eigenvalue weighted by Gasteiger charge is 2.50. The Bertz CT molecular complexity index is 618. The van der Waals surface area contributed by atoms with Gasteiger partial charge in [0.2, 0.25) is 5.76 Å². The van der Waals surface area contributed by atoms with E-state index in [4.69, 9.17) is 0 Å². The number of alkyl halides is 6. The van der Waals surface area contributed by atoms with E-state index in [9.17, 15) is 44.9 Å². The zero-order valence-electron chi connectivity index (χ0n) is 10.0. The minimum Gasteiger partial charge on any atom is -0.369 e. The molecule has 1 rings (SSSR count). The highest BCUT2D eigenvalue weighted by atomic mass is 32.2. The maximum absolute atomic E-state index is 12.1. The Morgan fingerprint density at radius 1 is 1.23 bits per heavy atom. The van der Waals surface area contributed by atoms with Crippen LogP contribution in [0.4, 0.5) is 26.3 Å². The molecular weight excluding hydrogens is 352 g/mol. The van der Waals surface area contributed by atoms with E-state index >= 15 is 0 Å². The summed E-state index contributed by atoms with van der Waals surface area (Å²) in [6.07, 6.45) is -7.40. The summed E-state index contributed by atoms with van der Waals surface area (Å²) < 4.78 is 101. The lowest BCUT2D eigenvalue weighted by molar-refractivity contribution is -0.434. The van der Waals surface area contributed by atoms with Gasteiger partial charge in [-0.2, -0.15) is 21.6 Å². The molecule has 0 aromatic carbocycles. The van der Waals surface area contributed by atoms with Crippen LogP contribution in [0.3, 0.4) is 0 Å². The van der Waals surface area contributed by atoms with Crippen LogP contribution in [-0.2, 0) is 19.0 Å². The second-order valence-corrected chi connectivity index (χ2v) is 5.25. The third-order valence-corrected chi connectivity index (χ3v) is 3.10. The molecule has 0 heterocycles. The molecule has 1 unspecified atom stereocenters. The molecule has 0 fully saturated rings. The fourth-order valence-electron chi connectivity index (χ4n) is 1.31. The van der Waals surface area contributed by atoms with Crippen LogP contribution in [0.1, 0.15) is 6.42 Å². The Morgan fingerprint density at radius 3 is 2.18 bits per heavy atom. The molecule has 0 bridgehead atoms. The van der Waals surface area contributed by atoms with E-state index in [0.717, 1.165) is 0 Å². The molecule has 0 radical (unpaired) electrons. The van der Waals surface area contributed by atoms with Crippen molar-refractivity contribution in [2.24, 2.45) is 0 Å². The summed E-state index contributed by atoms with van der Waals surface area (Å²) in [5, 5.41) is 10.6. The lowest BCUT2D eigenvalue weighted by Gasteiger charge is -2.19. The molecule has 0 spiro atoms. The Kier molecular flexibility index (Phi) is 4.76. The average Bonchev–Trinajstić information content (AvgIpc) is 2.27. The quantitative estimate of drug-likeness (QED) is 0.252. The van der Waals surface area contributed by atoms with Crippen molar-refractivity contribution in [1.82, 2.24) is 0 Å². The first kappa shape index (κ1) is 18.2. The smallest absolute Gasteiger partial charge is 0.369 e. The van der Waals surface area contributed by atoms with Crippen molar-refractivity contribution in [1.29, 1.82) is 0 Å². The Hall–Kier alpha value is -1.83. The molecule has 7 nitrogen and oxygen atoms in total. The molecular formula is C8H5F6NO6S. The molecule has 1 aliphatic rings. The third kappa shape index (κ3) is 4.59. The van der Waals surface area contributed by atoms with E-state index in [0.29, 0.717) is 12.2 Å². The number of ether oxygens (including phenoxy) is 1. The Morgan fingerprint density at radius 2 is 1.77 bits per heavy atom. The summed E-state index contributed by atoms with van der Waals surface area (Å²) in [6, 6.07) is 0. The van der Waals surface area contributed by atoms with Gasteiger partial charge < -0.3 is 4.18 Å². The van der Waals surface area contributed by atoms with Crippen LogP contribution in [0, 0.1) is 10.1 Å². The zero-order valence-corrected chi connectivity index (χ0v) is 10.8. The number of nitrogens with zero attached hydrogens (tertiary/aromatic N) is 1. The minimum atomic E-state index is -6.19. The van der Waals surface area contributed by atoms with E-state index in [1.54, 1.807) is 0 Å². The SMILES string of the molecule is O=[N+]([O-])C1=C(OS(=O)(=O)C(F)(F)F)C=CC(OC(F)(F)F)C1. The monoisotopic (exact) mass is 357 g/mol. The standard InChI is InChI=1S/C8H5F6NO6S/c9-7(10,11)20-4-1-2-6(5(3-4)15(16)17)21-22(18,19)8(12,13)14/h1-2,4H,3H2. The van der Waals surface area contributed by atoms with Gasteiger partial charge in [-0.3, -0.25) is 14.9 Å². The van der Waals surface area contributed by atoms with Gasteiger partial charge in [-0.05, 0) is 6.08 Å². The van der Waals surface area contributed by atoms with E-state index in [1.807, 2.05) is 0 Å². The van der Waals surface area contributed by atoms with Gasteiger partial charge in [0.25, 0.3) is 5.70 Å². The molecule has 0 aromatic heterocycles.